The van der Waals surface area contributed by atoms with Gasteiger partial charge in [-0.25, -0.2) is 5.43 Å². The maximum Gasteiger partial charge on any atom is 0.234 e. The van der Waals surface area contributed by atoms with Crippen molar-refractivity contribution in [3.8, 4) is 0 Å². The zero-order valence-corrected chi connectivity index (χ0v) is 17.7. The maximum atomic E-state index is 11.7. The number of amides is 1. The fourth-order valence-corrected chi connectivity index (χ4v) is 2.98. The van der Waals surface area contributed by atoms with Gasteiger partial charge in [0.25, 0.3) is 0 Å². The molecular weight excluding hydrogens is 308 g/mol. The second-order valence-corrected chi connectivity index (χ2v) is 8.62. The summed E-state index contributed by atoms with van der Waals surface area (Å²) in [6.07, 6.45) is 21.0. The van der Waals surface area contributed by atoms with Gasteiger partial charge in [-0.15, -0.1) is 0 Å². The molecule has 0 unspecified atom stereocenters. The Labute approximate surface area is 158 Å². The first-order valence-corrected chi connectivity index (χ1v) is 11.0. The molecule has 0 aromatic carbocycles. The average molecular weight is 355 g/mol. The standard InChI is InChI=1S/C22H46N2O/c1-5-6-7-8-9-10-11-12-13-14-15-16-17-18-19-20-21(25)23-24-22(2,3)4/h24H,5-20H2,1-4H3,(H,23,25). The van der Waals surface area contributed by atoms with Crippen molar-refractivity contribution in [2.45, 2.75) is 136 Å². The minimum Gasteiger partial charge on any atom is -0.291 e. The first kappa shape index (κ1) is 24.4. The van der Waals surface area contributed by atoms with Crippen molar-refractivity contribution in [2.24, 2.45) is 0 Å². The van der Waals surface area contributed by atoms with E-state index in [0.29, 0.717) is 6.42 Å². The van der Waals surface area contributed by atoms with Crippen molar-refractivity contribution < 1.29 is 4.79 Å². The molecular formula is C22H46N2O. The molecule has 0 bridgehead atoms. The Morgan fingerprint density at radius 1 is 0.640 bits per heavy atom. The van der Waals surface area contributed by atoms with Gasteiger partial charge in [-0.2, -0.15) is 0 Å². The molecule has 0 atom stereocenters. The number of hydrogen-bond acceptors (Lipinski definition) is 2. The molecule has 3 heteroatoms. The Kier molecular flexibility index (Phi) is 16.5. The fraction of sp³-hybridized carbons (Fsp3) is 0.955. The largest absolute Gasteiger partial charge is 0.291 e. The summed E-state index contributed by atoms with van der Waals surface area (Å²) in [5.41, 5.74) is 5.74. The van der Waals surface area contributed by atoms with Crippen LogP contribution in [0.1, 0.15) is 130 Å². The minimum atomic E-state index is -0.0648. The van der Waals surface area contributed by atoms with E-state index in [1.165, 1.54) is 89.9 Å². The number of nitrogens with one attached hydrogen (secondary N) is 2. The van der Waals surface area contributed by atoms with Crippen LogP contribution in [0.5, 0.6) is 0 Å². The van der Waals surface area contributed by atoms with Gasteiger partial charge in [0, 0.05) is 12.0 Å². The molecule has 1 amide bonds. The molecule has 0 heterocycles. The molecule has 0 aliphatic carbocycles. The Balaban J connectivity index is 3.15. The van der Waals surface area contributed by atoms with Gasteiger partial charge < -0.3 is 0 Å². The zero-order chi connectivity index (χ0) is 18.8. The predicted octanol–water partition coefficient (Wildman–Crippen LogP) is 6.67. The first-order chi connectivity index (χ1) is 12.0. The summed E-state index contributed by atoms with van der Waals surface area (Å²) in [5, 5.41) is 0. The lowest BCUT2D eigenvalue weighted by atomic mass is 10.0. The van der Waals surface area contributed by atoms with Crippen molar-refractivity contribution >= 4 is 5.91 Å². The lowest BCUT2D eigenvalue weighted by Crippen LogP contribution is -2.48. The summed E-state index contributed by atoms with van der Waals surface area (Å²) in [5.74, 6) is 0.115. The smallest absolute Gasteiger partial charge is 0.234 e. The predicted molar refractivity (Wildman–Crippen MR) is 111 cm³/mol. The van der Waals surface area contributed by atoms with Crippen molar-refractivity contribution in [2.75, 3.05) is 0 Å². The van der Waals surface area contributed by atoms with Crippen LogP contribution in [0.15, 0.2) is 0 Å². The number of hydrazine groups is 1. The summed E-state index contributed by atoms with van der Waals surface area (Å²) >= 11 is 0. The van der Waals surface area contributed by atoms with Crippen LogP contribution in [-0.4, -0.2) is 11.4 Å². The normalized spacial score (nSPS) is 11.7. The van der Waals surface area contributed by atoms with Gasteiger partial charge in [-0.05, 0) is 27.2 Å². The number of rotatable bonds is 17. The third-order valence-corrected chi connectivity index (χ3v) is 4.58. The third kappa shape index (κ3) is 21.4. The summed E-state index contributed by atoms with van der Waals surface area (Å²) < 4.78 is 0. The molecule has 0 radical (unpaired) electrons. The van der Waals surface area contributed by atoms with Crippen LogP contribution in [0, 0.1) is 0 Å². The number of hydrogen-bond donors (Lipinski definition) is 2. The SMILES string of the molecule is CCCCCCCCCCCCCCCCCC(=O)NNC(C)(C)C. The van der Waals surface area contributed by atoms with E-state index in [2.05, 4.69) is 17.8 Å². The molecule has 0 saturated heterocycles. The maximum absolute atomic E-state index is 11.7. The van der Waals surface area contributed by atoms with Gasteiger partial charge in [-0.1, -0.05) is 96.8 Å². The number of carbonyl (C=O) groups is 1. The van der Waals surface area contributed by atoms with E-state index >= 15 is 0 Å². The van der Waals surface area contributed by atoms with E-state index in [0.717, 1.165) is 6.42 Å². The highest BCUT2D eigenvalue weighted by molar-refractivity contribution is 5.75. The summed E-state index contributed by atoms with van der Waals surface area (Å²) in [4.78, 5) is 11.7. The minimum absolute atomic E-state index is 0.0648. The van der Waals surface area contributed by atoms with E-state index < -0.39 is 0 Å². The molecule has 0 fully saturated rings. The highest BCUT2D eigenvalue weighted by atomic mass is 16.2. The summed E-state index contributed by atoms with van der Waals surface area (Å²) in [7, 11) is 0. The van der Waals surface area contributed by atoms with Crippen LogP contribution < -0.4 is 10.9 Å². The highest BCUT2D eigenvalue weighted by Gasteiger charge is 2.10. The highest BCUT2D eigenvalue weighted by Crippen LogP contribution is 2.13. The molecule has 0 aliphatic rings. The second-order valence-electron chi connectivity index (χ2n) is 8.62. The van der Waals surface area contributed by atoms with Gasteiger partial charge in [0.1, 0.15) is 0 Å². The number of carbonyl (C=O) groups excluding carboxylic acids is 1. The first-order valence-electron chi connectivity index (χ1n) is 11.0. The van der Waals surface area contributed by atoms with Crippen LogP contribution in [0.4, 0.5) is 0 Å². The molecule has 0 aliphatic heterocycles. The molecule has 2 N–H and O–H groups in total. The molecule has 3 nitrogen and oxygen atoms in total. The van der Waals surface area contributed by atoms with E-state index in [1.54, 1.807) is 0 Å². The summed E-state index contributed by atoms with van der Waals surface area (Å²) in [6.45, 7) is 8.41. The molecule has 25 heavy (non-hydrogen) atoms. The van der Waals surface area contributed by atoms with E-state index in [9.17, 15) is 4.79 Å². The van der Waals surface area contributed by atoms with Gasteiger partial charge in [-0.3, -0.25) is 10.2 Å². The van der Waals surface area contributed by atoms with Crippen molar-refractivity contribution in [1.82, 2.24) is 10.9 Å². The second kappa shape index (κ2) is 16.9. The molecule has 0 rings (SSSR count). The molecule has 0 saturated carbocycles. The van der Waals surface area contributed by atoms with Crippen molar-refractivity contribution in [3.05, 3.63) is 0 Å². The molecule has 150 valence electrons. The van der Waals surface area contributed by atoms with Gasteiger partial charge >= 0.3 is 0 Å². The van der Waals surface area contributed by atoms with E-state index in [4.69, 9.17) is 0 Å². The molecule has 0 aromatic heterocycles. The zero-order valence-electron chi connectivity index (χ0n) is 17.7. The van der Waals surface area contributed by atoms with Gasteiger partial charge in [0.2, 0.25) is 5.91 Å². The Morgan fingerprint density at radius 3 is 1.36 bits per heavy atom. The molecule has 0 spiro atoms. The van der Waals surface area contributed by atoms with E-state index in [-0.39, 0.29) is 11.4 Å². The number of unbranched alkanes of at least 4 members (excludes halogenated alkanes) is 14. The Bertz CT molecular complexity index is 297. The summed E-state index contributed by atoms with van der Waals surface area (Å²) in [6, 6.07) is 0. The topological polar surface area (TPSA) is 41.1 Å². The lowest BCUT2D eigenvalue weighted by Gasteiger charge is -2.20. The Morgan fingerprint density at radius 2 is 1.00 bits per heavy atom. The van der Waals surface area contributed by atoms with Crippen LogP contribution >= 0.6 is 0 Å². The van der Waals surface area contributed by atoms with Crippen LogP contribution in [0.3, 0.4) is 0 Å². The lowest BCUT2D eigenvalue weighted by molar-refractivity contribution is -0.122. The third-order valence-electron chi connectivity index (χ3n) is 4.58. The van der Waals surface area contributed by atoms with Crippen LogP contribution in [-0.2, 0) is 4.79 Å². The monoisotopic (exact) mass is 354 g/mol. The quantitative estimate of drug-likeness (QED) is 0.226. The Hall–Kier alpha value is -0.570. The van der Waals surface area contributed by atoms with Crippen molar-refractivity contribution in [1.29, 1.82) is 0 Å². The van der Waals surface area contributed by atoms with Crippen molar-refractivity contribution in [3.63, 3.8) is 0 Å². The van der Waals surface area contributed by atoms with Gasteiger partial charge in [0.05, 0.1) is 0 Å². The average Bonchev–Trinajstić information content (AvgIpc) is 2.56. The van der Waals surface area contributed by atoms with Gasteiger partial charge in [0.15, 0.2) is 0 Å². The molecule has 0 aromatic rings. The van der Waals surface area contributed by atoms with Crippen LogP contribution in [0.2, 0.25) is 0 Å². The fourth-order valence-electron chi connectivity index (χ4n) is 2.98. The van der Waals surface area contributed by atoms with Crippen LogP contribution in [0.25, 0.3) is 0 Å². The van der Waals surface area contributed by atoms with E-state index in [1.807, 2.05) is 20.8 Å².